The third kappa shape index (κ3) is 5.93. The van der Waals surface area contributed by atoms with E-state index in [9.17, 15) is 13.2 Å². The largest absolute Gasteiger partial charge is 0.481 e. The van der Waals surface area contributed by atoms with Crippen LogP contribution in [0.15, 0.2) is 65.8 Å². The van der Waals surface area contributed by atoms with Gasteiger partial charge in [0.2, 0.25) is 5.88 Å². The SMILES string of the molecule is COc1ccc(N2CCN(c3ccc4cnc(CNC(=O)c5ccc(C)c(S(C)(=O)=O)c5)cc4n3)CC2)cn1. The van der Waals surface area contributed by atoms with Crippen molar-refractivity contribution >= 4 is 38.2 Å². The molecule has 10 nitrogen and oxygen atoms in total. The summed E-state index contributed by atoms with van der Waals surface area (Å²) in [6, 6.07) is 14.4. The molecule has 0 unspecified atom stereocenters. The van der Waals surface area contributed by atoms with E-state index < -0.39 is 9.84 Å². The van der Waals surface area contributed by atoms with E-state index in [1.54, 1.807) is 32.4 Å². The maximum atomic E-state index is 12.7. The number of carbonyl (C=O) groups excluding carboxylic acids is 1. The number of benzene rings is 1. The van der Waals surface area contributed by atoms with E-state index in [0.29, 0.717) is 17.1 Å². The molecule has 4 heterocycles. The monoisotopic (exact) mass is 546 g/mol. The van der Waals surface area contributed by atoms with E-state index in [1.165, 1.54) is 6.07 Å². The smallest absolute Gasteiger partial charge is 0.251 e. The van der Waals surface area contributed by atoms with Gasteiger partial charge in [-0.05, 0) is 48.9 Å². The molecule has 0 saturated carbocycles. The molecule has 11 heteroatoms. The fourth-order valence-corrected chi connectivity index (χ4v) is 5.60. The lowest BCUT2D eigenvalue weighted by atomic mass is 10.1. The van der Waals surface area contributed by atoms with Crippen LogP contribution in [0.2, 0.25) is 0 Å². The second-order valence-corrected chi connectivity index (χ2v) is 11.5. The number of rotatable bonds is 7. The summed E-state index contributed by atoms with van der Waals surface area (Å²) >= 11 is 0. The molecule has 3 aromatic heterocycles. The normalized spacial score (nSPS) is 13.9. The molecule has 202 valence electrons. The Balaban J connectivity index is 1.24. The number of anilines is 2. The Morgan fingerprint density at radius 3 is 2.44 bits per heavy atom. The summed E-state index contributed by atoms with van der Waals surface area (Å²) < 4.78 is 29.2. The fraction of sp³-hybridized carbons (Fsp3) is 0.286. The van der Waals surface area contributed by atoms with Gasteiger partial charge in [-0.15, -0.1) is 0 Å². The minimum Gasteiger partial charge on any atom is -0.481 e. The van der Waals surface area contributed by atoms with Gasteiger partial charge < -0.3 is 19.9 Å². The first-order chi connectivity index (χ1) is 18.7. The van der Waals surface area contributed by atoms with Gasteiger partial charge in [-0.3, -0.25) is 9.78 Å². The minimum absolute atomic E-state index is 0.150. The molecule has 1 fully saturated rings. The number of fused-ring (bicyclic) bond motifs is 1. The van der Waals surface area contributed by atoms with Gasteiger partial charge in [0.15, 0.2) is 9.84 Å². The summed E-state index contributed by atoms with van der Waals surface area (Å²) in [5.41, 5.74) is 3.41. The van der Waals surface area contributed by atoms with E-state index in [1.807, 2.05) is 36.5 Å². The lowest BCUT2D eigenvalue weighted by Gasteiger charge is -2.36. The number of hydrogen-bond acceptors (Lipinski definition) is 9. The number of carbonyl (C=O) groups is 1. The second kappa shape index (κ2) is 10.9. The molecule has 4 aromatic rings. The van der Waals surface area contributed by atoms with Gasteiger partial charge >= 0.3 is 0 Å². The molecule has 1 N–H and O–H groups in total. The average molecular weight is 547 g/mol. The number of pyridine rings is 3. The third-order valence-corrected chi connectivity index (χ3v) is 8.03. The van der Waals surface area contributed by atoms with Crippen molar-refractivity contribution < 1.29 is 17.9 Å². The van der Waals surface area contributed by atoms with Crippen LogP contribution in [0.25, 0.3) is 10.9 Å². The van der Waals surface area contributed by atoms with Crippen LogP contribution < -0.4 is 19.9 Å². The summed E-state index contributed by atoms with van der Waals surface area (Å²) in [4.78, 5) is 31.1. The Labute approximate surface area is 227 Å². The number of methoxy groups -OCH3 is 1. The molecule has 0 atom stereocenters. The van der Waals surface area contributed by atoms with Crippen LogP contribution in [0.3, 0.4) is 0 Å². The average Bonchev–Trinajstić information content (AvgIpc) is 2.95. The lowest BCUT2D eigenvalue weighted by Crippen LogP contribution is -2.46. The van der Waals surface area contributed by atoms with Gasteiger partial charge in [0, 0.05) is 55.6 Å². The van der Waals surface area contributed by atoms with Crippen molar-refractivity contribution in [2.75, 3.05) is 49.3 Å². The zero-order chi connectivity index (χ0) is 27.6. The van der Waals surface area contributed by atoms with Crippen molar-refractivity contribution in [2.24, 2.45) is 0 Å². The van der Waals surface area contributed by atoms with Crippen LogP contribution in [0.5, 0.6) is 5.88 Å². The van der Waals surface area contributed by atoms with Crippen LogP contribution in [0, 0.1) is 6.92 Å². The summed E-state index contributed by atoms with van der Waals surface area (Å²) in [5.74, 6) is 1.12. The Hall–Kier alpha value is -4.25. The predicted octanol–water partition coefficient (Wildman–Crippen LogP) is 3.00. The summed E-state index contributed by atoms with van der Waals surface area (Å²) in [5, 5.41) is 3.74. The van der Waals surface area contributed by atoms with Crippen molar-refractivity contribution in [1.29, 1.82) is 0 Å². The van der Waals surface area contributed by atoms with Crippen LogP contribution in [-0.4, -0.2) is 68.8 Å². The van der Waals surface area contributed by atoms with Gasteiger partial charge in [0.25, 0.3) is 5.91 Å². The van der Waals surface area contributed by atoms with Crippen molar-refractivity contribution in [2.45, 2.75) is 18.4 Å². The molecule has 1 aromatic carbocycles. The second-order valence-electron chi connectivity index (χ2n) is 9.51. The Morgan fingerprint density at radius 2 is 1.74 bits per heavy atom. The molecule has 39 heavy (non-hydrogen) atoms. The molecular formula is C28H30N6O4S. The number of ether oxygens (including phenoxy) is 1. The number of aryl methyl sites for hydroxylation is 1. The molecule has 0 radical (unpaired) electrons. The highest BCUT2D eigenvalue weighted by Crippen LogP contribution is 2.23. The Morgan fingerprint density at radius 1 is 0.974 bits per heavy atom. The molecule has 1 aliphatic rings. The number of nitrogens with one attached hydrogen (secondary N) is 1. The summed E-state index contributed by atoms with van der Waals surface area (Å²) in [6.07, 6.45) is 4.71. The summed E-state index contributed by atoms with van der Waals surface area (Å²) in [7, 11) is -1.82. The van der Waals surface area contributed by atoms with Crippen LogP contribution in [-0.2, 0) is 16.4 Å². The highest BCUT2D eigenvalue weighted by atomic mass is 32.2. The van der Waals surface area contributed by atoms with E-state index in [-0.39, 0.29) is 22.9 Å². The fourth-order valence-electron chi connectivity index (χ4n) is 4.61. The molecule has 1 amide bonds. The van der Waals surface area contributed by atoms with Crippen LogP contribution >= 0.6 is 0 Å². The topological polar surface area (TPSA) is 118 Å². The number of piperazine rings is 1. The van der Waals surface area contributed by atoms with E-state index in [0.717, 1.165) is 54.8 Å². The number of nitrogens with zero attached hydrogens (tertiary/aromatic N) is 5. The van der Waals surface area contributed by atoms with Gasteiger partial charge in [-0.25, -0.2) is 18.4 Å². The van der Waals surface area contributed by atoms with E-state index >= 15 is 0 Å². The zero-order valence-electron chi connectivity index (χ0n) is 22.1. The lowest BCUT2D eigenvalue weighted by molar-refractivity contribution is 0.0950. The van der Waals surface area contributed by atoms with Gasteiger partial charge in [-0.1, -0.05) is 6.07 Å². The van der Waals surface area contributed by atoms with Gasteiger partial charge in [0.1, 0.15) is 5.82 Å². The molecule has 1 aliphatic heterocycles. The number of amides is 1. The van der Waals surface area contributed by atoms with Gasteiger partial charge in [-0.2, -0.15) is 0 Å². The number of hydrogen-bond donors (Lipinski definition) is 1. The van der Waals surface area contributed by atoms with Crippen molar-refractivity contribution in [3.05, 3.63) is 77.7 Å². The van der Waals surface area contributed by atoms with Crippen molar-refractivity contribution in [1.82, 2.24) is 20.3 Å². The molecular weight excluding hydrogens is 516 g/mol. The molecule has 0 aliphatic carbocycles. The van der Waals surface area contributed by atoms with Crippen LogP contribution in [0.1, 0.15) is 21.6 Å². The summed E-state index contributed by atoms with van der Waals surface area (Å²) in [6.45, 7) is 5.24. The van der Waals surface area contributed by atoms with Crippen LogP contribution in [0.4, 0.5) is 11.5 Å². The minimum atomic E-state index is -3.43. The molecule has 0 bridgehead atoms. The molecule has 0 spiro atoms. The highest BCUT2D eigenvalue weighted by molar-refractivity contribution is 7.90. The van der Waals surface area contributed by atoms with Crippen molar-refractivity contribution in [3.8, 4) is 5.88 Å². The number of aromatic nitrogens is 3. The standard InChI is InChI=1S/C28H30N6O4S/c1-19-4-5-20(14-25(19)39(3,36)37)28(35)31-17-22-15-24-21(16-29-22)6-8-26(32-24)34-12-10-33(11-13-34)23-7-9-27(38-2)30-18-23/h4-9,14-16,18H,10-13,17H2,1-3H3,(H,31,35). The predicted molar refractivity (Wildman–Crippen MR) is 150 cm³/mol. The maximum Gasteiger partial charge on any atom is 0.251 e. The quantitative estimate of drug-likeness (QED) is 0.373. The van der Waals surface area contributed by atoms with Crippen molar-refractivity contribution in [3.63, 3.8) is 0 Å². The Kier molecular flexibility index (Phi) is 7.34. The van der Waals surface area contributed by atoms with E-state index in [2.05, 4.69) is 25.1 Å². The first-order valence-electron chi connectivity index (χ1n) is 12.6. The maximum absolute atomic E-state index is 12.7. The highest BCUT2D eigenvalue weighted by Gasteiger charge is 2.19. The van der Waals surface area contributed by atoms with E-state index in [4.69, 9.17) is 9.72 Å². The molecule has 5 rings (SSSR count). The first-order valence-corrected chi connectivity index (χ1v) is 14.4. The Bertz CT molecular complexity index is 1620. The first kappa shape index (κ1) is 26.4. The zero-order valence-corrected chi connectivity index (χ0v) is 22.9. The van der Waals surface area contributed by atoms with Gasteiger partial charge in [0.05, 0.1) is 41.6 Å². The number of sulfone groups is 1. The molecule has 1 saturated heterocycles. The third-order valence-electron chi connectivity index (χ3n) is 6.79.